The average Bonchev–Trinajstić information content (AvgIpc) is 2.88. The van der Waals surface area contributed by atoms with Crippen molar-refractivity contribution in [1.29, 1.82) is 0 Å². The molecule has 0 saturated heterocycles. The van der Waals surface area contributed by atoms with Crippen molar-refractivity contribution in [3.8, 4) is 0 Å². The molecule has 0 aliphatic heterocycles. The number of hydrogen-bond donors (Lipinski definition) is 1. The van der Waals surface area contributed by atoms with Crippen LogP contribution in [0.3, 0.4) is 0 Å². The standard InChI is InChI=1S/C24H27F2N3.C9H20/c1-15(2)23(29-18(5)24-16(3)8-7-9-17(24)4)14-28-19(6)27-13-20-10-11-21(25)22(26)12-20;1-4-7-8-9(5-2)6-3/h7-12,14H,1,13H2,2-6H3,(H,27,28);9H,4-8H2,1-3H3/b23-14+,29-18?;. The molecule has 0 aliphatic rings. The fraction of sp³-hybridized carbons (Fsp3) is 0.455. The van der Waals surface area contributed by atoms with Crippen LogP contribution in [0.15, 0.2) is 70.4 Å². The predicted molar refractivity (Wildman–Crippen MR) is 161 cm³/mol. The first-order valence-electron chi connectivity index (χ1n) is 13.7. The van der Waals surface area contributed by atoms with E-state index in [-0.39, 0.29) is 6.54 Å². The molecule has 0 atom stereocenters. The van der Waals surface area contributed by atoms with Gasteiger partial charge >= 0.3 is 0 Å². The molecule has 0 bridgehead atoms. The van der Waals surface area contributed by atoms with E-state index in [4.69, 9.17) is 4.99 Å². The summed E-state index contributed by atoms with van der Waals surface area (Å²) in [4.78, 5) is 9.10. The summed E-state index contributed by atoms with van der Waals surface area (Å²) in [7, 11) is 0. The smallest absolute Gasteiger partial charge is 0.159 e. The minimum absolute atomic E-state index is 0.247. The van der Waals surface area contributed by atoms with Gasteiger partial charge in [-0.15, -0.1) is 0 Å². The average molecular weight is 524 g/mol. The van der Waals surface area contributed by atoms with Crippen LogP contribution in [-0.4, -0.2) is 11.5 Å². The number of benzene rings is 2. The summed E-state index contributed by atoms with van der Waals surface area (Å²) >= 11 is 0. The van der Waals surface area contributed by atoms with Gasteiger partial charge < -0.3 is 5.32 Å². The first kappa shape index (κ1) is 32.9. The number of aliphatic imine (C=N–C) groups is 2. The van der Waals surface area contributed by atoms with Crippen molar-refractivity contribution >= 4 is 11.5 Å². The molecule has 0 aromatic heterocycles. The molecule has 0 heterocycles. The summed E-state index contributed by atoms with van der Waals surface area (Å²) in [6.45, 7) is 20.9. The molecular weight excluding hydrogens is 476 g/mol. The van der Waals surface area contributed by atoms with Gasteiger partial charge in [-0.2, -0.15) is 0 Å². The summed E-state index contributed by atoms with van der Waals surface area (Å²) in [6.07, 6.45) is 8.73. The lowest BCUT2D eigenvalue weighted by atomic mass is 9.97. The highest BCUT2D eigenvalue weighted by molar-refractivity contribution is 6.02. The first-order valence-corrected chi connectivity index (χ1v) is 13.7. The van der Waals surface area contributed by atoms with Gasteiger partial charge in [-0.3, -0.25) is 9.98 Å². The van der Waals surface area contributed by atoms with Gasteiger partial charge in [-0.25, -0.2) is 8.78 Å². The lowest BCUT2D eigenvalue weighted by Gasteiger charge is -2.11. The van der Waals surface area contributed by atoms with Gasteiger partial charge in [0.1, 0.15) is 0 Å². The van der Waals surface area contributed by atoms with Crippen LogP contribution in [-0.2, 0) is 6.54 Å². The topological polar surface area (TPSA) is 36.8 Å². The Morgan fingerprint density at radius 2 is 1.61 bits per heavy atom. The molecule has 208 valence electrons. The Bertz CT molecular complexity index is 1100. The zero-order chi connectivity index (χ0) is 28.7. The van der Waals surface area contributed by atoms with E-state index in [2.05, 4.69) is 63.6 Å². The molecule has 0 amide bonds. The predicted octanol–water partition coefficient (Wildman–Crippen LogP) is 9.63. The van der Waals surface area contributed by atoms with Crippen LogP contribution < -0.4 is 5.32 Å². The molecule has 0 aliphatic carbocycles. The number of rotatable bonds is 11. The van der Waals surface area contributed by atoms with E-state index in [1.807, 2.05) is 19.9 Å². The summed E-state index contributed by atoms with van der Waals surface area (Å²) in [5.41, 5.74) is 6.51. The molecule has 1 N–H and O–H groups in total. The third-order valence-corrected chi connectivity index (χ3v) is 6.59. The van der Waals surface area contributed by atoms with Crippen LogP contribution in [0.25, 0.3) is 0 Å². The van der Waals surface area contributed by atoms with E-state index in [1.54, 1.807) is 13.1 Å². The highest BCUT2D eigenvalue weighted by atomic mass is 19.2. The summed E-state index contributed by atoms with van der Waals surface area (Å²) in [5.74, 6) is -0.0961. The Morgan fingerprint density at radius 3 is 2.13 bits per heavy atom. The molecule has 2 aromatic rings. The molecular formula is C33H47F2N3. The van der Waals surface area contributed by atoms with E-state index in [0.717, 1.165) is 34.9 Å². The number of unbranched alkanes of at least 4 members (excludes halogenated alkanes) is 1. The van der Waals surface area contributed by atoms with E-state index in [9.17, 15) is 8.78 Å². The maximum absolute atomic E-state index is 13.3. The normalized spacial score (nSPS) is 12.3. The lowest BCUT2D eigenvalue weighted by molar-refractivity contribution is 0.438. The number of amidine groups is 1. The minimum atomic E-state index is -0.871. The molecule has 0 fully saturated rings. The number of allylic oxidation sites excluding steroid dienone is 1. The third-order valence-electron chi connectivity index (χ3n) is 6.59. The molecule has 0 radical (unpaired) electrons. The molecule has 0 saturated carbocycles. The second-order valence-corrected chi connectivity index (χ2v) is 9.89. The highest BCUT2D eigenvalue weighted by Crippen LogP contribution is 2.18. The van der Waals surface area contributed by atoms with E-state index in [1.165, 1.54) is 49.3 Å². The lowest BCUT2D eigenvalue weighted by Crippen LogP contribution is -2.14. The monoisotopic (exact) mass is 523 g/mol. The third kappa shape index (κ3) is 11.5. The zero-order valence-electron chi connectivity index (χ0n) is 24.7. The van der Waals surface area contributed by atoms with Crippen LogP contribution >= 0.6 is 0 Å². The van der Waals surface area contributed by atoms with Crippen molar-refractivity contribution in [3.63, 3.8) is 0 Å². The fourth-order valence-electron chi connectivity index (χ4n) is 4.13. The second kappa shape index (κ2) is 17.4. The number of nitrogens with zero attached hydrogens (tertiary/aromatic N) is 2. The van der Waals surface area contributed by atoms with Crippen molar-refractivity contribution in [3.05, 3.63) is 94.3 Å². The van der Waals surface area contributed by atoms with Crippen molar-refractivity contribution in [1.82, 2.24) is 5.32 Å². The number of hydrogen-bond acceptors (Lipinski definition) is 2. The Balaban J connectivity index is 0.000000686. The Kier molecular flexibility index (Phi) is 15.1. The SMILES string of the molecule is C=C(C)/C(=C\NC(C)=NCc1ccc(F)c(F)c1)N=C(C)c1c(C)cccc1C.CCCCC(CC)CC. The Morgan fingerprint density at radius 1 is 0.974 bits per heavy atom. The molecule has 2 aromatic carbocycles. The molecule has 0 spiro atoms. The van der Waals surface area contributed by atoms with E-state index in [0.29, 0.717) is 17.1 Å². The van der Waals surface area contributed by atoms with Gasteiger partial charge in [0.15, 0.2) is 11.6 Å². The summed E-state index contributed by atoms with van der Waals surface area (Å²) < 4.78 is 26.3. The van der Waals surface area contributed by atoms with Crippen LogP contribution in [0.1, 0.15) is 95.9 Å². The number of aryl methyl sites for hydroxylation is 2. The number of nitrogens with one attached hydrogen (secondary N) is 1. The molecule has 2 rings (SSSR count). The summed E-state index contributed by atoms with van der Waals surface area (Å²) in [6, 6.07) is 9.94. The fourth-order valence-corrected chi connectivity index (χ4v) is 4.13. The summed E-state index contributed by atoms with van der Waals surface area (Å²) in [5, 5.41) is 3.10. The second-order valence-electron chi connectivity index (χ2n) is 9.89. The van der Waals surface area contributed by atoms with E-state index < -0.39 is 11.6 Å². The van der Waals surface area contributed by atoms with E-state index >= 15 is 0 Å². The largest absolute Gasteiger partial charge is 0.349 e. The van der Waals surface area contributed by atoms with Crippen LogP contribution in [0, 0.1) is 31.4 Å². The van der Waals surface area contributed by atoms with Crippen LogP contribution in [0.4, 0.5) is 8.78 Å². The zero-order valence-corrected chi connectivity index (χ0v) is 24.7. The Labute approximate surface area is 229 Å². The molecule has 3 nitrogen and oxygen atoms in total. The maximum Gasteiger partial charge on any atom is 0.159 e. The minimum Gasteiger partial charge on any atom is -0.349 e. The van der Waals surface area contributed by atoms with Crippen molar-refractivity contribution in [2.24, 2.45) is 15.9 Å². The van der Waals surface area contributed by atoms with Gasteiger partial charge in [0.25, 0.3) is 0 Å². The van der Waals surface area contributed by atoms with Gasteiger partial charge in [0.05, 0.1) is 18.1 Å². The molecule has 0 unspecified atom stereocenters. The highest BCUT2D eigenvalue weighted by Gasteiger charge is 2.07. The number of halogens is 2. The van der Waals surface area contributed by atoms with Gasteiger partial charge in [-0.1, -0.05) is 83.7 Å². The van der Waals surface area contributed by atoms with Crippen molar-refractivity contribution in [2.45, 2.75) is 94.0 Å². The maximum atomic E-state index is 13.3. The van der Waals surface area contributed by atoms with Gasteiger partial charge in [0.2, 0.25) is 0 Å². The van der Waals surface area contributed by atoms with Crippen LogP contribution in [0.2, 0.25) is 0 Å². The van der Waals surface area contributed by atoms with Gasteiger partial charge in [0, 0.05) is 17.5 Å². The molecule has 38 heavy (non-hydrogen) atoms. The van der Waals surface area contributed by atoms with Crippen molar-refractivity contribution in [2.75, 3.05) is 0 Å². The van der Waals surface area contributed by atoms with Crippen LogP contribution in [0.5, 0.6) is 0 Å². The first-order chi connectivity index (χ1) is 18.0. The quantitative estimate of drug-likeness (QED) is 0.178. The Hall–Kier alpha value is -3.08. The van der Waals surface area contributed by atoms with Crippen molar-refractivity contribution < 1.29 is 8.78 Å². The van der Waals surface area contributed by atoms with Gasteiger partial charge in [-0.05, 0) is 74.9 Å². The molecule has 5 heteroatoms.